The first kappa shape index (κ1) is 30.2. The van der Waals surface area contributed by atoms with Gasteiger partial charge in [-0.1, -0.05) is 0 Å². The molecule has 0 spiro atoms. The normalized spacial score (nSPS) is 12.0. The van der Waals surface area contributed by atoms with Gasteiger partial charge in [-0.25, -0.2) is 5.84 Å². The summed E-state index contributed by atoms with van der Waals surface area (Å²) in [5.41, 5.74) is 9.78. The van der Waals surface area contributed by atoms with Crippen LogP contribution in [0.5, 0.6) is 5.75 Å². The summed E-state index contributed by atoms with van der Waals surface area (Å²) in [5, 5.41) is 8.12. The molecule has 0 aliphatic carbocycles. The van der Waals surface area contributed by atoms with Gasteiger partial charge in [-0.3, -0.25) is 19.5 Å². The molecular formula is C26H34F3N9O2. The van der Waals surface area contributed by atoms with Crippen LogP contribution < -0.4 is 31.5 Å². The van der Waals surface area contributed by atoms with E-state index in [9.17, 15) is 18.0 Å². The van der Waals surface area contributed by atoms with E-state index in [0.29, 0.717) is 41.4 Å². The van der Waals surface area contributed by atoms with E-state index in [0.717, 1.165) is 11.8 Å². The predicted octanol–water partition coefficient (Wildman–Crippen LogP) is 3.22. The van der Waals surface area contributed by atoms with Gasteiger partial charge in [0.25, 0.3) is 5.91 Å². The van der Waals surface area contributed by atoms with E-state index >= 15 is 0 Å². The van der Waals surface area contributed by atoms with E-state index in [1.807, 2.05) is 25.9 Å². The molecule has 0 atom stereocenters. The number of hydrogen-bond acceptors (Lipinski definition) is 9. The molecule has 0 saturated carbocycles. The highest BCUT2D eigenvalue weighted by atomic mass is 19.4. The van der Waals surface area contributed by atoms with Gasteiger partial charge in [-0.05, 0) is 46.1 Å². The average Bonchev–Trinajstić information content (AvgIpc) is 3.20. The van der Waals surface area contributed by atoms with Crippen LogP contribution in [-0.4, -0.2) is 66.2 Å². The summed E-state index contributed by atoms with van der Waals surface area (Å²) in [7, 11) is 7.27. The Morgan fingerprint density at radius 1 is 1.12 bits per heavy atom. The van der Waals surface area contributed by atoms with Crippen molar-refractivity contribution in [1.82, 2.24) is 19.7 Å². The minimum Gasteiger partial charge on any atom is -0.406 e. The fourth-order valence-corrected chi connectivity index (χ4v) is 3.73. The van der Waals surface area contributed by atoms with Gasteiger partial charge in [0.05, 0.1) is 35.2 Å². The number of benzene rings is 1. The van der Waals surface area contributed by atoms with Crippen molar-refractivity contribution in [3.8, 4) is 5.75 Å². The Kier molecular flexibility index (Phi) is 9.27. The smallest absolute Gasteiger partial charge is 0.406 e. The highest BCUT2D eigenvalue weighted by Crippen LogP contribution is 2.29. The summed E-state index contributed by atoms with van der Waals surface area (Å²) >= 11 is 0. The van der Waals surface area contributed by atoms with Crippen molar-refractivity contribution in [2.45, 2.75) is 20.2 Å². The molecule has 0 aliphatic heterocycles. The molecule has 2 heterocycles. The van der Waals surface area contributed by atoms with Crippen LogP contribution in [0.25, 0.3) is 5.70 Å². The van der Waals surface area contributed by atoms with E-state index in [2.05, 4.69) is 20.1 Å². The van der Waals surface area contributed by atoms with Crippen molar-refractivity contribution < 1.29 is 22.7 Å². The summed E-state index contributed by atoms with van der Waals surface area (Å²) in [6.07, 6.45) is -0.366. The number of nitrogens with two attached hydrogens (primary N) is 2. The number of aromatic nitrogens is 3. The second-order valence-corrected chi connectivity index (χ2v) is 9.53. The van der Waals surface area contributed by atoms with E-state index in [1.54, 1.807) is 42.9 Å². The van der Waals surface area contributed by atoms with Crippen LogP contribution in [0.15, 0.2) is 42.9 Å². The molecule has 0 radical (unpaired) electrons. The van der Waals surface area contributed by atoms with Gasteiger partial charge in [-0.15, -0.1) is 13.2 Å². The second-order valence-electron chi connectivity index (χ2n) is 9.53. The Labute approximate surface area is 230 Å². The number of anilines is 3. The third-order valence-electron chi connectivity index (χ3n) is 6.13. The fraction of sp³-hybridized carbons (Fsp3) is 0.346. The van der Waals surface area contributed by atoms with Crippen molar-refractivity contribution in [1.29, 1.82) is 0 Å². The number of nitrogens with one attached hydrogen (secondary N) is 1. The number of ether oxygens (including phenoxy) is 1. The summed E-state index contributed by atoms with van der Waals surface area (Å²) in [4.78, 5) is 21.1. The second kappa shape index (κ2) is 12.3. The highest BCUT2D eigenvalue weighted by Gasteiger charge is 2.31. The summed E-state index contributed by atoms with van der Waals surface area (Å²) in [6.45, 7) is 4.76. The van der Waals surface area contributed by atoms with Crippen LogP contribution in [0.1, 0.15) is 27.3 Å². The SMILES string of the molecule is Cc1ncc(NC(=O)c2cc(OC(F)(F)F)cc(N(C)CCN(C)C)c2)cc1N(N)/C=C(\N)c1cnn(C)c1C. The lowest BCUT2D eigenvalue weighted by Crippen LogP contribution is -2.29. The zero-order valence-electron chi connectivity index (χ0n) is 23.2. The van der Waals surface area contributed by atoms with Crippen molar-refractivity contribution in [2.24, 2.45) is 18.6 Å². The molecule has 0 saturated heterocycles. The van der Waals surface area contributed by atoms with E-state index < -0.39 is 18.0 Å². The van der Waals surface area contributed by atoms with Gasteiger partial charge in [0, 0.05) is 62.0 Å². The molecule has 216 valence electrons. The van der Waals surface area contributed by atoms with E-state index in [1.165, 1.54) is 29.5 Å². The number of hydrazine groups is 1. The Hall–Kier alpha value is -4.30. The molecule has 0 unspecified atom stereocenters. The van der Waals surface area contributed by atoms with Gasteiger partial charge in [0.1, 0.15) is 5.75 Å². The Morgan fingerprint density at radius 3 is 2.42 bits per heavy atom. The molecule has 0 fully saturated rings. The first-order valence-corrected chi connectivity index (χ1v) is 12.2. The Balaban J connectivity index is 1.88. The van der Waals surface area contributed by atoms with Gasteiger partial charge >= 0.3 is 6.36 Å². The monoisotopic (exact) mass is 561 g/mol. The number of alkyl halides is 3. The summed E-state index contributed by atoms with van der Waals surface area (Å²) < 4.78 is 44.8. The maximum Gasteiger partial charge on any atom is 0.573 e. The molecule has 3 rings (SSSR count). The number of rotatable bonds is 10. The Morgan fingerprint density at radius 2 is 1.82 bits per heavy atom. The minimum absolute atomic E-state index is 0.0311. The van der Waals surface area contributed by atoms with Crippen molar-refractivity contribution >= 4 is 28.7 Å². The number of amides is 1. The van der Waals surface area contributed by atoms with Gasteiger partial charge in [0.15, 0.2) is 0 Å². The topological polar surface area (TPSA) is 131 Å². The van der Waals surface area contributed by atoms with Gasteiger partial charge in [-0.2, -0.15) is 5.10 Å². The number of pyridine rings is 1. The molecule has 1 amide bonds. The van der Waals surface area contributed by atoms with Crippen LogP contribution in [0, 0.1) is 13.8 Å². The van der Waals surface area contributed by atoms with Crippen molar-refractivity contribution in [3.05, 3.63) is 65.4 Å². The van der Waals surface area contributed by atoms with Crippen LogP contribution in [0.3, 0.4) is 0 Å². The molecular weight excluding hydrogens is 527 g/mol. The number of carbonyl (C=O) groups is 1. The van der Waals surface area contributed by atoms with Crippen LogP contribution in [0.4, 0.5) is 30.2 Å². The third-order valence-corrected chi connectivity index (χ3v) is 6.13. The summed E-state index contributed by atoms with van der Waals surface area (Å²) in [5.74, 6) is 5.09. The molecule has 0 aliphatic rings. The van der Waals surface area contributed by atoms with E-state index in [4.69, 9.17) is 11.6 Å². The number of likely N-dealkylation sites (N-methyl/N-ethyl adjacent to an activating group) is 2. The lowest BCUT2D eigenvalue weighted by Gasteiger charge is -2.23. The van der Waals surface area contributed by atoms with Crippen molar-refractivity contribution in [2.75, 3.05) is 49.5 Å². The molecule has 0 bridgehead atoms. The van der Waals surface area contributed by atoms with Crippen LogP contribution >= 0.6 is 0 Å². The molecule has 5 N–H and O–H groups in total. The molecule has 1 aromatic carbocycles. The largest absolute Gasteiger partial charge is 0.573 e. The third kappa shape index (κ3) is 7.86. The zero-order chi connectivity index (χ0) is 29.8. The van der Waals surface area contributed by atoms with Gasteiger partial charge < -0.3 is 25.6 Å². The number of halogens is 3. The predicted molar refractivity (Wildman–Crippen MR) is 149 cm³/mol. The molecule has 2 aromatic heterocycles. The maximum atomic E-state index is 13.2. The summed E-state index contributed by atoms with van der Waals surface area (Å²) in [6, 6.07) is 5.34. The molecule has 11 nitrogen and oxygen atoms in total. The van der Waals surface area contributed by atoms with E-state index in [-0.39, 0.29) is 11.3 Å². The quantitative estimate of drug-likeness (QED) is 0.252. The van der Waals surface area contributed by atoms with Crippen LogP contribution in [0.2, 0.25) is 0 Å². The Bertz CT molecular complexity index is 1390. The fourth-order valence-electron chi connectivity index (χ4n) is 3.73. The van der Waals surface area contributed by atoms with Crippen molar-refractivity contribution in [3.63, 3.8) is 0 Å². The number of hydrogen-bond donors (Lipinski definition) is 3. The lowest BCUT2D eigenvalue weighted by atomic mass is 10.1. The maximum absolute atomic E-state index is 13.2. The zero-order valence-corrected chi connectivity index (χ0v) is 23.2. The average molecular weight is 562 g/mol. The molecule has 3 aromatic rings. The highest BCUT2D eigenvalue weighted by molar-refractivity contribution is 6.05. The number of nitrogens with zero attached hydrogens (tertiary/aromatic N) is 6. The number of carbonyl (C=O) groups excluding carboxylic acids is 1. The lowest BCUT2D eigenvalue weighted by molar-refractivity contribution is -0.274. The molecule has 40 heavy (non-hydrogen) atoms. The number of aryl methyl sites for hydroxylation is 2. The van der Waals surface area contributed by atoms with Gasteiger partial charge in [0.2, 0.25) is 0 Å². The first-order chi connectivity index (χ1) is 18.6. The standard InChI is InChI=1S/C26H34F3N9O2/c1-16-24(38(31)15-23(30)22-14-33-37(6)17(22)2)11-19(13-32-16)34-25(39)18-9-20(36(5)8-7-35(3)4)12-21(10-18)40-26(27,28)29/h9-15H,7-8,30-31H2,1-6H3,(H,34,39)/b23-15-. The molecule has 14 heteroatoms. The minimum atomic E-state index is -4.92. The van der Waals surface area contributed by atoms with Crippen LogP contribution in [-0.2, 0) is 7.05 Å². The first-order valence-electron chi connectivity index (χ1n) is 12.2.